The molecular formula is C24H24N2O4. The minimum Gasteiger partial charge on any atom is -0.497 e. The number of carbonyl (C=O) groups excluding carboxylic acids is 2. The second kappa shape index (κ2) is 10.1. The van der Waals surface area contributed by atoms with Gasteiger partial charge in [0.1, 0.15) is 11.5 Å². The van der Waals surface area contributed by atoms with Crippen LogP contribution in [0.2, 0.25) is 0 Å². The summed E-state index contributed by atoms with van der Waals surface area (Å²) < 4.78 is 10.3. The van der Waals surface area contributed by atoms with Crippen molar-refractivity contribution in [1.29, 1.82) is 0 Å². The van der Waals surface area contributed by atoms with Crippen LogP contribution in [-0.4, -0.2) is 39.1 Å². The van der Waals surface area contributed by atoms with E-state index < -0.39 is 0 Å². The van der Waals surface area contributed by atoms with Gasteiger partial charge in [0, 0.05) is 24.2 Å². The molecule has 0 bridgehead atoms. The summed E-state index contributed by atoms with van der Waals surface area (Å²) in [6.07, 6.45) is 0. The van der Waals surface area contributed by atoms with Crippen LogP contribution in [0.4, 0.5) is 0 Å². The molecule has 0 radical (unpaired) electrons. The number of hydrogen-bond donors (Lipinski definition) is 2. The Morgan fingerprint density at radius 3 is 1.73 bits per heavy atom. The van der Waals surface area contributed by atoms with Crippen LogP contribution in [0.25, 0.3) is 11.1 Å². The quantitative estimate of drug-likeness (QED) is 0.563. The highest BCUT2D eigenvalue weighted by Crippen LogP contribution is 2.24. The van der Waals surface area contributed by atoms with Crippen molar-refractivity contribution in [2.75, 3.05) is 27.3 Å². The maximum atomic E-state index is 12.3. The Morgan fingerprint density at radius 2 is 1.20 bits per heavy atom. The van der Waals surface area contributed by atoms with Gasteiger partial charge in [-0.25, -0.2) is 0 Å². The second-order valence-corrected chi connectivity index (χ2v) is 6.55. The monoisotopic (exact) mass is 404 g/mol. The molecule has 30 heavy (non-hydrogen) atoms. The Bertz CT molecular complexity index is 998. The van der Waals surface area contributed by atoms with Crippen molar-refractivity contribution in [3.63, 3.8) is 0 Å². The van der Waals surface area contributed by atoms with Crippen molar-refractivity contribution in [2.24, 2.45) is 0 Å². The number of carbonyl (C=O) groups is 2. The topological polar surface area (TPSA) is 76.7 Å². The van der Waals surface area contributed by atoms with E-state index in [4.69, 9.17) is 9.47 Å². The lowest BCUT2D eigenvalue weighted by Crippen LogP contribution is -2.34. The predicted octanol–water partition coefficient (Wildman–Crippen LogP) is 3.53. The van der Waals surface area contributed by atoms with Gasteiger partial charge in [0.2, 0.25) is 0 Å². The van der Waals surface area contributed by atoms with Crippen LogP contribution in [0, 0.1) is 0 Å². The molecule has 154 valence electrons. The molecule has 3 aromatic rings. The summed E-state index contributed by atoms with van der Waals surface area (Å²) in [7, 11) is 3.20. The fourth-order valence-corrected chi connectivity index (χ4v) is 2.92. The second-order valence-electron chi connectivity index (χ2n) is 6.55. The maximum Gasteiger partial charge on any atom is 0.251 e. The van der Waals surface area contributed by atoms with E-state index in [-0.39, 0.29) is 11.8 Å². The molecule has 0 aromatic heterocycles. The number of methoxy groups -OCH3 is 2. The molecule has 3 rings (SSSR count). The number of ether oxygens (including phenoxy) is 2. The molecule has 3 aromatic carbocycles. The summed E-state index contributed by atoms with van der Waals surface area (Å²) in [5, 5.41) is 5.59. The molecule has 0 heterocycles. The van der Waals surface area contributed by atoms with Gasteiger partial charge >= 0.3 is 0 Å². The Morgan fingerprint density at radius 1 is 0.667 bits per heavy atom. The van der Waals surface area contributed by atoms with Crippen LogP contribution in [0.1, 0.15) is 20.7 Å². The average molecular weight is 404 g/mol. The summed E-state index contributed by atoms with van der Waals surface area (Å²) in [4.78, 5) is 24.4. The first kappa shape index (κ1) is 20.9. The number of amides is 2. The number of hydrogen-bond acceptors (Lipinski definition) is 4. The molecule has 0 saturated carbocycles. The number of nitrogens with one attached hydrogen (secondary N) is 2. The van der Waals surface area contributed by atoms with E-state index >= 15 is 0 Å². The molecule has 0 aliphatic heterocycles. The Balaban J connectivity index is 1.48. The van der Waals surface area contributed by atoms with Gasteiger partial charge in [0.05, 0.1) is 14.2 Å². The Hall–Kier alpha value is -3.80. The van der Waals surface area contributed by atoms with Gasteiger partial charge in [-0.1, -0.05) is 24.3 Å². The van der Waals surface area contributed by atoms with E-state index in [2.05, 4.69) is 10.6 Å². The summed E-state index contributed by atoms with van der Waals surface area (Å²) >= 11 is 0. The van der Waals surface area contributed by atoms with Crippen LogP contribution in [0.15, 0.2) is 72.8 Å². The van der Waals surface area contributed by atoms with Crippen molar-refractivity contribution >= 4 is 11.8 Å². The fourth-order valence-electron chi connectivity index (χ4n) is 2.92. The minimum absolute atomic E-state index is 0.189. The molecule has 0 unspecified atom stereocenters. The third-order valence-electron chi connectivity index (χ3n) is 4.60. The average Bonchev–Trinajstić information content (AvgIpc) is 2.81. The molecule has 6 heteroatoms. The van der Waals surface area contributed by atoms with Crippen LogP contribution in [-0.2, 0) is 0 Å². The van der Waals surface area contributed by atoms with E-state index in [0.29, 0.717) is 30.0 Å². The van der Waals surface area contributed by atoms with E-state index in [0.717, 1.165) is 16.9 Å². The Kier molecular flexibility index (Phi) is 7.05. The zero-order valence-electron chi connectivity index (χ0n) is 17.0. The van der Waals surface area contributed by atoms with Gasteiger partial charge in [0.15, 0.2) is 0 Å². The standard InChI is InChI=1S/C24H24N2O4/c1-29-21-12-10-19(11-13-21)24(28)26-15-14-25-23(27)18-8-6-17(7-9-18)20-4-3-5-22(16-20)30-2/h3-13,16H,14-15H2,1-2H3,(H,25,27)(H,26,28). The molecule has 2 N–H and O–H groups in total. The summed E-state index contributed by atoms with van der Waals surface area (Å²) in [6.45, 7) is 0.664. The van der Waals surface area contributed by atoms with E-state index in [1.54, 1.807) is 50.6 Å². The lowest BCUT2D eigenvalue weighted by Gasteiger charge is -2.09. The van der Waals surface area contributed by atoms with Gasteiger partial charge in [-0.2, -0.15) is 0 Å². The molecule has 0 aliphatic rings. The lowest BCUT2D eigenvalue weighted by molar-refractivity contribution is 0.0927. The van der Waals surface area contributed by atoms with Gasteiger partial charge in [-0.15, -0.1) is 0 Å². The number of rotatable bonds is 8. The first-order chi connectivity index (χ1) is 14.6. The smallest absolute Gasteiger partial charge is 0.251 e. The largest absolute Gasteiger partial charge is 0.497 e. The van der Waals surface area contributed by atoms with Crippen LogP contribution < -0.4 is 20.1 Å². The molecule has 6 nitrogen and oxygen atoms in total. The van der Waals surface area contributed by atoms with Gasteiger partial charge < -0.3 is 20.1 Å². The summed E-state index contributed by atoms with van der Waals surface area (Å²) in [5.74, 6) is 1.09. The molecule has 2 amide bonds. The zero-order chi connectivity index (χ0) is 21.3. The van der Waals surface area contributed by atoms with Crippen LogP contribution in [0.5, 0.6) is 11.5 Å². The maximum absolute atomic E-state index is 12.3. The highest BCUT2D eigenvalue weighted by atomic mass is 16.5. The van der Waals surface area contributed by atoms with E-state index in [1.807, 2.05) is 36.4 Å². The highest BCUT2D eigenvalue weighted by Gasteiger charge is 2.08. The van der Waals surface area contributed by atoms with Crippen molar-refractivity contribution in [2.45, 2.75) is 0 Å². The minimum atomic E-state index is -0.199. The number of benzene rings is 3. The lowest BCUT2D eigenvalue weighted by atomic mass is 10.0. The van der Waals surface area contributed by atoms with Crippen molar-refractivity contribution < 1.29 is 19.1 Å². The first-order valence-corrected chi connectivity index (χ1v) is 9.55. The zero-order valence-corrected chi connectivity index (χ0v) is 17.0. The van der Waals surface area contributed by atoms with Gasteiger partial charge in [0.25, 0.3) is 11.8 Å². The third-order valence-corrected chi connectivity index (χ3v) is 4.60. The third kappa shape index (κ3) is 5.38. The SMILES string of the molecule is COc1ccc(C(=O)NCCNC(=O)c2ccc(-c3cccc(OC)c3)cc2)cc1. The molecule has 0 saturated heterocycles. The van der Waals surface area contributed by atoms with Crippen molar-refractivity contribution in [1.82, 2.24) is 10.6 Å². The van der Waals surface area contributed by atoms with Gasteiger partial charge in [-0.05, 0) is 59.7 Å². The molecule has 0 fully saturated rings. The van der Waals surface area contributed by atoms with Gasteiger partial charge in [-0.3, -0.25) is 9.59 Å². The summed E-state index contributed by atoms with van der Waals surface area (Å²) in [6, 6.07) is 21.9. The fraction of sp³-hybridized carbons (Fsp3) is 0.167. The van der Waals surface area contributed by atoms with Crippen LogP contribution >= 0.6 is 0 Å². The van der Waals surface area contributed by atoms with E-state index in [1.165, 1.54) is 0 Å². The van der Waals surface area contributed by atoms with Crippen molar-refractivity contribution in [3.8, 4) is 22.6 Å². The van der Waals surface area contributed by atoms with Crippen LogP contribution in [0.3, 0.4) is 0 Å². The molecule has 0 spiro atoms. The Labute approximate surface area is 175 Å². The normalized spacial score (nSPS) is 10.2. The molecule has 0 atom stereocenters. The first-order valence-electron chi connectivity index (χ1n) is 9.55. The predicted molar refractivity (Wildman–Crippen MR) is 116 cm³/mol. The molecular weight excluding hydrogens is 380 g/mol. The van der Waals surface area contributed by atoms with E-state index in [9.17, 15) is 9.59 Å². The highest BCUT2D eigenvalue weighted by molar-refractivity contribution is 5.95. The molecule has 0 aliphatic carbocycles. The van der Waals surface area contributed by atoms with Crippen molar-refractivity contribution in [3.05, 3.63) is 83.9 Å². The summed E-state index contributed by atoms with van der Waals surface area (Å²) in [5.41, 5.74) is 3.11.